The predicted octanol–water partition coefficient (Wildman–Crippen LogP) is -0.841. The van der Waals surface area contributed by atoms with Gasteiger partial charge in [0.1, 0.15) is 0 Å². The van der Waals surface area contributed by atoms with Gasteiger partial charge >= 0.3 is 11.9 Å². The summed E-state index contributed by atoms with van der Waals surface area (Å²) in [6, 6.07) is 0. The summed E-state index contributed by atoms with van der Waals surface area (Å²) in [6.45, 7) is 0.485. The van der Waals surface area contributed by atoms with E-state index in [9.17, 15) is 9.59 Å². The molecule has 0 fully saturated rings. The maximum Gasteiger partial charge on any atom is 0.337 e. The van der Waals surface area contributed by atoms with E-state index in [1.165, 1.54) is 14.2 Å². The molecule has 0 rings (SSSR count). The second-order valence-electron chi connectivity index (χ2n) is 3.20. The molecule has 0 heterocycles. The molecular weight excluding hydrogens is 200 g/mol. The van der Waals surface area contributed by atoms with Crippen molar-refractivity contribution in [1.82, 2.24) is 0 Å². The maximum atomic E-state index is 11.3. The molecule has 4 N–H and O–H groups in total. The van der Waals surface area contributed by atoms with E-state index in [0.717, 1.165) is 0 Å². The molecule has 0 saturated heterocycles. The fourth-order valence-electron chi connectivity index (χ4n) is 1.20. The van der Waals surface area contributed by atoms with Crippen molar-refractivity contribution in [3.8, 4) is 0 Å². The van der Waals surface area contributed by atoms with E-state index >= 15 is 0 Å². The minimum Gasteiger partial charge on any atom is -0.467 e. The van der Waals surface area contributed by atoms with Crippen LogP contribution in [0.3, 0.4) is 0 Å². The Hall–Kier alpha value is -1.14. The predicted molar refractivity (Wildman–Crippen MR) is 53.9 cm³/mol. The molecule has 0 aromatic heterocycles. The summed E-state index contributed by atoms with van der Waals surface area (Å²) in [5.41, 5.74) is 9.25. The number of hydrogen-bond donors (Lipinski definition) is 2. The second kappa shape index (κ2) is 6.36. The van der Waals surface area contributed by atoms with Crippen molar-refractivity contribution in [1.29, 1.82) is 0 Å². The molecule has 0 atom stereocenters. The van der Waals surface area contributed by atoms with Gasteiger partial charge < -0.3 is 20.9 Å². The molecule has 6 heteroatoms. The Kier molecular flexibility index (Phi) is 5.88. The van der Waals surface area contributed by atoms with Gasteiger partial charge in [0.05, 0.1) is 14.2 Å². The lowest BCUT2D eigenvalue weighted by molar-refractivity contribution is -0.161. The van der Waals surface area contributed by atoms with E-state index in [0.29, 0.717) is 19.4 Å². The zero-order valence-corrected chi connectivity index (χ0v) is 9.12. The zero-order valence-electron chi connectivity index (χ0n) is 9.12. The highest BCUT2D eigenvalue weighted by Crippen LogP contribution is 2.15. The van der Waals surface area contributed by atoms with Gasteiger partial charge in [-0.3, -0.25) is 0 Å². The lowest BCUT2D eigenvalue weighted by Gasteiger charge is -2.23. The smallest absolute Gasteiger partial charge is 0.337 e. The van der Waals surface area contributed by atoms with Crippen molar-refractivity contribution in [2.24, 2.45) is 11.5 Å². The highest BCUT2D eigenvalue weighted by molar-refractivity contribution is 6.04. The normalized spacial score (nSPS) is 10.9. The molecule has 0 bridgehead atoms. The van der Waals surface area contributed by atoms with Gasteiger partial charge in [-0.1, -0.05) is 0 Å². The van der Waals surface area contributed by atoms with Crippen LogP contribution in [0.5, 0.6) is 0 Å². The number of esters is 2. The first-order valence-corrected chi connectivity index (χ1v) is 4.68. The number of carbonyl (C=O) groups is 2. The van der Waals surface area contributed by atoms with E-state index in [1.54, 1.807) is 0 Å². The molecule has 0 saturated carbocycles. The van der Waals surface area contributed by atoms with E-state index in [4.69, 9.17) is 11.5 Å². The van der Waals surface area contributed by atoms with Crippen LogP contribution in [0.25, 0.3) is 0 Å². The molecule has 0 aromatic carbocycles. The number of rotatable bonds is 6. The Bertz CT molecular complexity index is 214. The number of unbranched alkanes of at least 4 members (excludes halogenated alkanes) is 1. The summed E-state index contributed by atoms with van der Waals surface area (Å²) in [6.07, 6.45) is 1.42. The Morgan fingerprint density at radius 3 is 1.93 bits per heavy atom. The fraction of sp³-hybridized carbons (Fsp3) is 0.778. The van der Waals surface area contributed by atoms with Crippen LogP contribution in [0.15, 0.2) is 0 Å². The van der Waals surface area contributed by atoms with Crippen molar-refractivity contribution in [2.45, 2.75) is 24.8 Å². The zero-order chi connectivity index (χ0) is 11.9. The highest BCUT2D eigenvalue weighted by Gasteiger charge is 2.43. The van der Waals surface area contributed by atoms with E-state index in [1.807, 2.05) is 0 Å². The quantitative estimate of drug-likeness (QED) is 0.342. The molecule has 0 amide bonds. The van der Waals surface area contributed by atoms with Gasteiger partial charge in [-0.2, -0.15) is 0 Å². The maximum absolute atomic E-state index is 11.3. The van der Waals surface area contributed by atoms with Gasteiger partial charge in [0.25, 0.3) is 0 Å². The van der Waals surface area contributed by atoms with Crippen LogP contribution in [-0.2, 0) is 19.1 Å². The van der Waals surface area contributed by atoms with Crippen LogP contribution >= 0.6 is 0 Å². The van der Waals surface area contributed by atoms with Gasteiger partial charge in [0.15, 0.2) is 0 Å². The van der Waals surface area contributed by atoms with Gasteiger partial charge in [0.2, 0.25) is 5.54 Å². The molecular formula is C9H18N2O4. The van der Waals surface area contributed by atoms with Crippen molar-refractivity contribution >= 4 is 11.9 Å². The van der Waals surface area contributed by atoms with Crippen LogP contribution in [0.2, 0.25) is 0 Å². The Labute approximate surface area is 88.9 Å². The number of carbonyl (C=O) groups excluding carboxylic acids is 2. The van der Waals surface area contributed by atoms with Gasteiger partial charge in [-0.25, -0.2) is 9.59 Å². The first-order chi connectivity index (χ1) is 7.02. The molecule has 0 unspecified atom stereocenters. The minimum atomic E-state index is -1.71. The molecule has 88 valence electrons. The van der Waals surface area contributed by atoms with Crippen molar-refractivity contribution in [3.63, 3.8) is 0 Å². The number of hydrogen-bond acceptors (Lipinski definition) is 6. The number of nitrogens with two attached hydrogens (primary N) is 2. The standard InChI is InChI=1S/C9H18N2O4/c1-14-7(12)9(11,8(13)15-2)5-3-4-6-10/h3-6,10-11H2,1-2H3. The van der Waals surface area contributed by atoms with Crippen molar-refractivity contribution < 1.29 is 19.1 Å². The molecule has 6 nitrogen and oxygen atoms in total. The first kappa shape index (κ1) is 13.9. The van der Waals surface area contributed by atoms with Gasteiger partial charge in [-0.15, -0.1) is 0 Å². The molecule has 0 aliphatic rings. The molecule has 0 aliphatic carbocycles. The van der Waals surface area contributed by atoms with Crippen LogP contribution in [0, 0.1) is 0 Å². The summed E-state index contributed by atoms with van der Waals surface area (Å²) in [5.74, 6) is -1.57. The number of methoxy groups -OCH3 is 2. The second-order valence-corrected chi connectivity index (χ2v) is 3.20. The monoisotopic (exact) mass is 218 g/mol. The molecule has 0 aromatic rings. The molecule has 15 heavy (non-hydrogen) atoms. The van der Waals surface area contributed by atoms with E-state index in [2.05, 4.69) is 9.47 Å². The third-order valence-electron chi connectivity index (χ3n) is 2.12. The third kappa shape index (κ3) is 3.49. The topological polar surface area (TPSA) is 105 Å². The summed E-state index contributed by atoms with van der Waals surface area (Å²) in [7, 11) is 2.35. The molecule has 0 aliphatic heterocycles. The van der Waals surface area contributed by atoms with Crippen LogP contribution in [0.1, 0.15) is 19.3 Å². The average molecular weight is 218 g/mol. The first-order valence-electron chi connectivity index (χ1n) is 4.68. The highest BCUT2D eigenvalue weighted by atomic mass is 16.5. The van der Waals surface area contributed by atoms with Crippen LogP contribution < -0.4 is 11.5 Å². The Balaban J connectivity index is 4.55. The van der Waals surface area contributed by atoms with E-state index < -0.39 is 17.5 Å². The van der Waals surface area contributed by atoms with Crippen LogP contribution in [-0.4, -0.2) is 38.2 Å². The lowest BCUT2D eigenvalue weighted by Crippen LogP contribution is -2.56. The summed E-state index contributed by atoms with van der Waals surface area (Å²) in [5, 5.41) is 0. The van der Waals surface area contributed by atoms with E-state index in [-0.39, 0.29) is 6.42 Å². The molecule has 0 spiro atoms. The largest absolute Gasteiger partial charge is 0.467 e. The fourth-order valence-corrected chi connectivity index (χ4v) is 1.20. The summed E-state index contributed by atoms with van der Waals surface area (Å²) >= 11 is 0. The van der Waals surface area contributed by atoms with Gasteiger partial charge in [0, 0.05) is 0 Å². The van der Waals surface area contributed by atoms with Gasteiger partial charge in [-0.05, 0) is 25.8 Å². The molecule has 0 radical (unpaired) electrons. The van der Waals surface area contributed by atoms with Crippen molar-refractivity contribution in [2.75, 3.05) is 20.8 Å². The average Bonchev–Trinajstić information content (AvgIpc) is 2.26. The Morgan fingerprint density at radius 1 is 1.13 bits per heavy atom. The minimum absolute atomic E-state index is 0.170. The summed E-state index contributed by atoms with van der Waals surface area (Å²) < 4.78 is 8.95. The lowest BCUT2D eigenvalue weighted by atomic mass is 9.94. The summed E-state index contributed by atoms with van der Waals surface area (Å²) in [4.78, 5) is 22.7. The number of ether oxygens (including phenoxy) is 2. The van der Waals surface area contributed by atoms with Crippen molar-refractivity contribution in [3.05, 3.63) is 0 Å². The van der Waals surface area contributed by atoms with Crippen LogP contribution in [0.4, 0.5) is 0 Å². The Morgan fingerprint density at radius 2 is 1.60 bits per heavy atom. The SMILES string of the molecule is COC(=O)C(N)(CCCCN)C(=O)OC. The third-order valence-corrected chi connectivity index (χ3v) is 2.12.